The molecule has 2 atom stereocenters. The SMILES string of the molecule is CCC[C@]1(C(=O)O)CCN(Cc2cnc(N)nc2)C[C@H]1O. The molecule has 7 nitrogen and oxygen atoms in total. The zero-order valence-electron chi connectivity index (χ0n) is 12.2. The molecule has 1 aromatic rings. The summed E-state index contributed by atoms with van der Waals surface area (Å²) in [5.74, 6) is -0.669. The van der Waals surface area contributed by atoms with E-state index in [0.717, 1.165) is 12.0 Å². The second-order valence-electron chi connectivity index (χ2n) is 5.66. The van der Waals surface area contributed by atoms with E-state index in [0.29, 0.717) is 32.5 Å². The molecule has 116 valence electrons. The van der Waals surface area contributed by atoms with Crippen LogP contribution in [0.4, 0.5) is 5.95 Å². The zero-order valence-corrected chi connectivity index (χ0v) is 12.2. The molecular formula is C14H22N4O3. The van der Waals surface area contributed by atoms with Crippen molar-refractivity contribution in [2.45, 2.75) is 38.8 Å². The van der Waals surface area contributed by atoms with Crippen LogP contribution in [0.3, 0.4) is 0 Å². The van der Waals surface area contributed by atoms with E-state index in [1.54, 1.807) is 12.4 Å². The van der Waals surface area contributed by atoms with Crippen LogP contribution in [0, 0.1) is 5.41 Å². The molecule has 4 N–H and O–H groups in total. The minimum Gasteiger partial charge on any atom is -0.481 e. The lowest BCUT2D eigenvalue weighted by Gasteiger charge is -2.42. The van der Waals surface area contributed by atoms with Crippen molar-refractivity contribution in [3.63, 3.8) is 0 Å². The lowest BCUT2D eigenvalue weighted by Crippen LogP contribution is -2.54. The first-order valence-corrected chi connectivity index (χ1v) is 7.18. The maximum Gasteiger partial charge on any atom is 0.312 e. The van der Waals surface area contributed by atoms with Crippen molar-refractivity contribution >= 4 is 11.9 Å². The Balaban J connectivity index is 2.02. The highest BCUT2D eigenvalue weighted by molar-refractivity contribution is 5.75. The van der Waals surface area contributed by atoms with Crippen LogP contribution < -0.4 is 5.73 Å². The number of aliphatic carboxylic acids is 1. The first-order chi connectivity index (χ1) is 9.98. The molecule has 2 heterocycles. The van der Waals surface area contributed by atoms with Crippen LogP contribution in [0.1, 0.15) is 31.7 Å². The number of aliphatic hydroxyl groups is 1. The predicted molar refractivity (Wildman–Crippen MR) is 77.3 cm³/mol. The third-order valence-electron chi connectivity index (χ3n) is 4.20. The number of nitrogens with two attached hydrogens (primary N) is 1. The Morgan fingerprint density at radius 3 is 2.71 bits per heavy atom. The summed E-state index contributed by atoms with van der Waals surface area (Å²) < 4.78 is 0. The van der Waals surface area contributed by atoms with Gasteiger partial charge in [0, 0.05) is 31.0 Å². The minimum atomic E-state index is -1.01. The molecule has 21 heavy (non-hydrogen) atoms. The summed E-state index contributed by atoms with van der Waals surface area (Å²) in [6, 6.07) is 0. The molecule has 0 radical (unpaired) electrons. The summed E-state index contributed by atoms with van der Waals surface area (Å²) in [7, 11) is 0. The van der Waals surface area contributed by atoms with Gasteiger partial charge in [-0.3, -0.25) is 9.69 Å². The van der Waals surface area contributed by atoms with Crippen LogP contribution in [0.2, 0.25) is 0 Å². The van der Waals surface area contributed by atoms with Gasteiger partial charge in [-0.15, -0.1) is 0 Å². The maximum atomic E-state index is 11.6. The van der Waals surface area contributed by atoms with Gasteiger partial charge in [0.1, 0.15) is 0 Å². The second-order valence-corrected chi connectivity index (χ2v) is 5.66. The number of β-amino-alcohol motifs (C(OH)–C–C–N with tert-alkyl or cyclic N) is 1. The van der Waals surface area contributed by atoms with E-state index in [9.17, 15) is 15.0 Å². The Morgan fingerprint density at radius 2 is 2.19 bits per heavy atom. The third kappa shape index (κ3) is 3.30. The van der Waals surface area contributed by atoms with Crippen molar-refractivity contribution in [3.8, 4) is 0 Å². The van der Waals surface area contributed by atoms with Crippen LogP contribution in [0.5, 0.6) is 0 Å². The highest BCUT2D eigenvalue weighted by Gasteiger charge is 2.47. The number of hydrogen-bond acceptors (Lipinski definition) is 6. The van der Waals surface area contributed by atoms with E-state index in [1.807, 2.05) is 11.8 Å². The summed E-state index contributed by atoms with van der Waals surface area (Å²) in [4.78, 5) is 21.5. The highest BCUT2D eigenvalue weighted by Crippen LogP contribution is 2.37. The highest BCUT2D eigenvalue weighted by atomic mass is 16.4. The number of aromatic nitrogens is 2. The molecule has 0 saturated carbocycles. The number of carbonyl (C=O) groups is 1. The summed E-state index contributed by atoms with van der Waals surface area (Å²) >= 11 is 0. The first kappa shape index (κ1) is 15.7. The Hall–Kier alpha value is -1.73. The molecule has 1 fully saturated rings. The second kappa shape index (κ2) is 6.36. The molecule has 1 aromatic heterocycles. The van der Waals surface area contributed by atoms with Gasteiger partial charge >= 0.3 is 5.97 Å². The van der Waals surface area contributed by atoms with Gasteiger partial charge in [0.25, 0.3) is 0 Å². The van der Waals surface area contributed by atoms with Crippen LogP contribution in [0.15, 0.2) is 12.4 Å². The third-order valence-corrected chi connectivity index (χ3v) is 4.20. The number of nitrogen functional groups attached to an aromatic ring is 1. The molecule has 0 spiro atoms. The van der Waals surface area contributed by atoms with Crippen LogP contribution in [-0.2, 0) is 11.3 Å². The van der Waals surface area contributed by atoms with Crippen LogP contribution >= 0.6 is 0 Å². The number of aliphatic hydroxyl groups excluding tert-OH is 1. The molecule has 0 aliphatic carbocycles. The van der Waals surface area contributed by atoms with Crippen LogP contribution in [-0.4, -0.2) is 50.2 Å². The smallest absolute Gasteiger partial charge is 0.312 e. The fourth-order valence-corrected chi connectivity index (χ4v) is 2.98. The van der Waals surface area contributed by atoms with Crippen molar-refractivity contribution in [1.29, 1.82) is 0 Å². The zero-order chi connectivity index (χ0) is 15.5. The fourth-order valence-electron chi connectivity index (χ4n) is 2.98. The van der Waals surface area contributed by atoms with Crippen molar-refractivity contribution in [2.24, 2.45) is 5.41 Å². The molecule has 2 rings (SSSR count). The van der Waals surface area contributed by atoms with Crippen molar-refractivity contribution < 1.29 is 15.0 Å². The number of anilines is 1. The lowest BCUT2D eigenvalue weighted by atomic mass is 9.73. The van der Waals surface area contributed by atoms with E-state index in [1.165, 1.54) is 0 Å². The molecule has 7 heteroatoms. The molecule has 0 bridgehead atoms. The number of likely N-dealkylation sites (tertiary alicyclic amines) is 1. The topological polar surface area (TPSA) is 113 Å². The average molecular weight is 294 g/mol. The number of carboxylic acids is 1. The van der Waals surface area contributed by atoms with Gasteiger partial charge < -0.3 is 15.9 Å². The molecule has 0 amide bonds. The Bertz CT molecular complexity index is 493. The summed E-state index contributed by atoms with van der Waals surface area (Å²) in [5.41, 5.74) is 5.33. The Morgan fingerprint density at radius 1 is 1.52 bits per heavy atom. The van der Waals surface area contributed by atoms with Crippen molar-refractivity contribution in [2.75, 3.05) is 18.8 Å². The maximum absolute atomic E-state index is 11.6. The van der Waals surface area contributed by atoms with E-state index in [4.69, 9.17) is 5.73 Å². The number of carboxylic acid groups (broad SMARTS) is 1. The van der Waals surface area contributed by atoms with Gasteiger partial charge in [0.2, 0.25) is 5.95 Å². The molecule has 1 saturated heterocycles. The van der Waals surface area contributed by atoms with Crippen molar-refractivity contribution in [1.82, 2.24) is 14.9 Å². The number of hydrogen-bond donors (Lipinski definition) is 3. The monoisotopic (exact) mass is 294 g/mol. The molecular weight excluding hydrogens is 272 g/mol. The van der Waals surface area contributed by atoms with Crippen LogP contribution in [0.25, 0.3) is 0 Å². The van der Waals surface area contributed by atoms with E-state index in [-0.39, 0.29) is 5.95 Å². The summed E-state index contributed by atoms with van der Waals surface area (Å²) in [6.45, 7) is 3.50. The number of nitrogens with zero attached hydrogens (tertiary/aromatic N) is 3. The minimum absolute atomic E-state index is 0.227. The Labute approximate surface area is 123 Å². The summed E-state index contributed by atoms with van der Waals surface area (Å²) in [6.07, 6.45) is 4.14. The Kier molecular flexibility index (Phi) is 4.74. The van der Waals surface area contributed by atoms with Gasteiger partial charge in [-0.25, -0.2) is 9.97 Å². The molecule has 1 aliphatic rings. The predicted octanol–water partition coefficient (Wildman–Crippen LogP) is 0.496. The van der Waals surface area contributed by atoms with Gasteiger partial charge in [-0.1, -0.05) is 13.3 Å². The van der Waals surface area contributed by atoms with Gasteiger partial charge in [-0.05, 0) is 19.4 Å². The van der Waals surface area contributed by atoms with Crippen molar-refractivity contribution in [3.05, 3.63) is 18.0 Å². The summed E-state index contributed by atoms with van der Waals surface area (Å²) in [5, 5.41) is 19.8. The molecule has 0 aromatic carbocycles. The van der Waals surface area contributed by atoms with E-state index in [2.05, 4.69) is 9.97 Å². The standard InChI is InChI=1S/C14H22N4O3/c1-2-3-14(12(20)21)4-5-18(9-11(14)19)8-10-6-16-13(15)17-7-10/h6-7,11,19H,2-5,8-9H2,1H3,(H,20,21)(H2,15,16,17)/t11-,14+/m1/s1. The van der Waals surface area contributed by atoms with Gasteiger partial charge in [0.15, 0.2) is 0 Å². The molecule has 0 unspecified atom stereocenters. The largest absolute Gasteiger partial charge is 0.481 e. The van der Waals surface area contributed by atoms with Gasteiger partial charge in [-0.2, -0.15) is 0 Å². The number of piperidine rings is 1. The average Bonchev–Trinajstić information content (AvgIpc) is 2.44. The quantitative estimate of drug-likeness (QED) is 0.724. The lowest BCUT2D eigenvalue weighted by molar-refractivity contribution is -0.164. The fraction of sp³-hybridized carbons (Fsp3) is 0.643. The van der Waals surface area contributed by atoms with Gasteiger partial charge in [0.05, 0.1) is 11.5 Å². The van der Waals surface area contributed by atoms with E-state index < -0.39 is 17.5 Å². The van der Waals surface area contributed by atoms with E-state index >= 15 is 0 Å². The molecule has 1 aliphatic heterocycles. The number of rotatable bonds is 5. The normalized spacial score (nSPS) is 26.7. The first-order valence-electron chi connectivity index (χ1n) is 7.18.